The standard InChI is InChI=1S/C25H23BrN2O3/c1-15-19(22(29)16(2)23(30)21(15)26)14-27-28-24(31)20-13-25(20,17-9-5-3-6-10-17)18-11-7-4-8-12-18/h3-12,14,20,29-30H,13H2,1-2H3,(H,28,31). The molecule has 0 bridgehead atoms. The smallest absolute Gasteiger partial charge is 0.244 e. The Balaban J connectivity index is 1.58. The molecule has 1 saturated carbocycles. The highest BCUT2D eigenvalue weighted by molar-refractivity contribution is 9.10. The van der Waals surface area contributed by atoms with Gasteiger partial charge in [0.25, 0.3) is 0 Å². The Labute approximate surface area is 189 Å². The first-order chi connectivity index (χ1) is 14.9. The van der Waals surface area contributed by atoms with E-state index in [0.717, 1.165) is 11.1 Å². The van der Waals surface area contributed by atoms with Gasteiger partial charge in [0.15, 0.2) is 0 Å². The number of phenolic OH excluding ortho intramolecular Hbond substituents is 2. The highest BCUT2D eigenvalue weighted by Crippen LogP contribution is 2.58. The van der Waals surface area contributed by atoms with E-state index in [1.54, 1.807) is 13.8 Å². The second-order valence-corrected chi connectivity index (χ2v) is 8.66. The largest absolute Gasteiger partial charge is 0.507 e. The molecular weight excluding hydrogens is 456 g/mol. The molecule has 5 nitrogen and oxygen atoms in total. The lowest BCUT2D eigenvalue weighted by Crippen LogP contribution is -2.25. The number of carbonyl (C=O) groups excluding carboxylic acids is 1. The van der Waals surface area contributed by atoms with E-state index in [1.165, 1.54) is 6.21 Å². The summed E-state index contributed by atoms with van der Waals surface area (Å²) in [5.74, 6) is -0.483. The van der Waals surface area contributed by atoms with Crippen LogP contribution in [0.5, 0.6) is 11.5 Å². The molecule has 3 aromatic rings. The van der Waals surface area contributed by atoms with Crippen LogP contribution in [0.3, 0.4) is 0 Å². The summed E-state index contributed by atoms with van der Waals surface area (Å²) in [6, 6.07) is 20.1. The number of hydrogen-bond donors (Lipinski definition) is 3. The van der Waals surface area contributed by atoms with Crippen LogP contribution in [-0.4, -0.2) is 22.3 Å². The van der Waals surface area contributed by atoms with Gasteiger partial charge in [0.2, 0.25) is 5.91 Å². The molecule has 1 atom stereocenters. The summed E-state index contributed by atoms with van der Waals surface area (Å²) in [7, 11) is 0. The van der Waals surface area contributed by atoms with Crippen molar-refractivity contribution in [3.63, 3.8) is 0 Å². The van der Waals surface area contributed by atoms with Gasteiger partial charge in [0, 0.05) is 16.5 Å². The Kier molecular flexibility index (Phi) is 5.58. The Morgan fingerprint density at radius 3 is 2.10 bits per heavy atom. The normalized spacial score (nSPS) is 16.9. The van der Waals surface area contributed by atoms with E-state index in [9.17, 15) is 15.0 Å². The first-order valence-electron chi connectivity index (χ1n) is 10.0. The number of aromatic hydroxyl groups is 2. The summed E-state index contributed by atoms with van der Waals surface area (Å²) in [5, 5.41) is 24.5. The average Bonchev–Trinajstić information content (AvgIpc) is 3.57. The van der Waals surface area contributed by atoms with Crippen LogP contribution in [0.1, 0.15) is 34.2 Å². The number of benzene rings is 3. The first kappa shape index (κ1) is 21.1. The van der Waals surface area contributed by atoms with Crippen LogP contribution in [0, 0.1) is 19.8 Å². The molecule has 4 rings (SSSR count). The fourth-order valence-electron chi connectivity index (χ4n) is 4.20. The number of hydrazone groups is 1. The lowest BCUT2D eigenvalue weighted by molar-refractivity contribution is -0.122. The summed E-state index contributed by atoms with van der Waals surface area (Å²) >= 11 is 3.33. The predicted molar refractivity (Wildman–Crippen MR) is 124 cm³/mol. The molecule has 0 heterocycles. The monoisotopic (exact) mass is 478 g/mol. The topological polar surface area (TPSA) is 81.9 Å². The number of hydrogen-bond acceptors (Lipinski definition) is 4. The lowest BCUT2D eigenvalue weighted by Gasteiger charge is -2.18. The number of amides is 1. The Morgan fingerprint density at radius 1 is 1.00 bits per heavy atom. The minimum atomic E-state index is -0.363. The number of rotatable bonds is 5. The third kappa shape index (κ3) is 3.61. The second kappa shape index (κ2) is 8.19. The van der Waals surface area contributed by atoms with Crippen LogP contribution in [0.15, 0.2) is 70.2 Å². The molecule has 1 aliphatic rings. The van der Waals surface area contributed by atoms with Crippen molar-refractivity contribution in [2.45, 2.75) is 25.7 Å². The highest BCUT2D eigenvalue weighted by atomic mass is 79.9. The molecule has 31 heavy (non-hydrogen) atoms. The van der Waals surface area contributed by atoms with Gasteiger partial charge in [0.1, 0.15) is 11.5 Å². The number of halogens is 1. The third-order valence-electron chi connectivity index (χ3n) is 6.13. The molecule has 3 aromatic carbocycles. The van der Waals surface area contributed by atoms with Crippen molar-refractivity contribution in [1.82, 2.24) is 5.43 Å². The molecule has 0 aliphatic heterocycles. The molecule has 0 spiro atoms. The van der Waals surface area contributed by atoms with Gasteiger partial charge in [-0.1, -0.05) is 60.7 Å². The Hall–Kier alpha value is -3.12. The van der Waals surface area contributed by atoms with Gasteiger partial charge in [-0.15, -0.1) is 0 Å². The van der Waals surface area contributed by atoms with Gasteiger partial charge < -0.3 is 10.2 Å². The highest BCUT2D eigenvalue weighted by Gasteiger charge is 2.60. The van der Waals surface area contributed by atoms with Crippen LogP contribution >= 0.6 is 15.9 Å². The van der Waals surface area contributed by atoms with Gasteiger partial charge >= 0.3 is 0 Å². The Bertz CT molecular complexity index is 1090. The maximum absolute atomic E-state index is 13.0. The minimum Gasteiger partial charge on any atom is -0.507 e. The van der Waals surface area contributed by atoms with Crippen LogP contribution in [0.4, 0.5) is 0 Å². The molecule has 158 valence electrons. The average molecular weight is 479 g/mol. The van der Waals surface area contributed by atoms with Gasteiger partial charge in [0.05, 0.1) is 16.6 Å². The van der Waals surface area contributed by atoms with Crippen LogP contribution in [0.2, 0.25) is 0 Å². The van der Waals surface area contributed by atoms with E-state index in [1.807, 2.05) is 36.4 Å². The maximum atomic E-state index is 13.0. The summed E-state index contributed by atoms with van der Waals surface area (Å²) < 4.78 is 0.491. The predicted octanol–water partition coefficient (Wildman–Crippen LogP) is 4.93. The van der Waals surface area contributed by atoms with E-state index < -0.39 is 0 Å². The molecular formula is C25H23BrN2O3. The van der Waals surface area contributed by atoms with Crippen LogP contribution < -0.4 is 5.43 Å². The van der Waals surface area contributed by atoms with Gasteiger partial charge in [-0.3, -0.25) is 4.79 Å². The van der Waals surface area contributed by atoms with Crippen molar-refractivity contribution in [3.05, 3.63) is 93.0 Å². The summed E-state index contributed by atoms with van der Waals surface area (Å²) in [4.78, 5) is 13.0. The minimum absolute atomic E-state index is 0.00956. The van der Waals surface area contributed by atoms with E-state index in [2.05, 4.69) is 50.7 Å². The zero-order valence-electron chi connectivity index (χ0n) is 17.3. The van der Waals surface area contributed by atoms with Gasteiger partial charge in [-0.25, -0.2) is 5.43 Å². The molecule has 1 fully saturated rings. The molecule has 6 heteroatoms. The fraction of sp³-hybridized carbons (Fsp3) is 0.200. The van der Waals surface area contributed by atoms with Crippen molar-refractivity contribution in [3.8, 4) is 11.5 Å². The summed E-state index contributed by atoms with van der Waals surface area (Å²) in [5.41, 5.74) is 5.91. The zero-order chi connectivity index (χ0) is 22.2. The molecule has 1 amide bonds. The van der Waals surface area contributed by atoms with Crippen molar-refractivity contribution in [2.75, 3.05) is 0 Å². The van der Waals surface area contributed by atoms with Crippen molar-refractivity contribution in [1.29, 1.82) is 0 Å². The van der Waals surface area contributed by atoms with Crippen LogP contribution in [-0.2, 0) is 10.2 Å². The zero-order valence-corrected chi connectivity index (χ0v) is 18.8. The van der Waals surface area contributed by atoms with E-state index >= 15 is 0 Å². The van der Waals surface area contributed by atoms with Crippen molar-refractivity contribution >= 4 is 28.1 Å². The third-order valence-corrected chi connectivity index (χ3v) is 7.10. The number of nitrogens with zero attached hydrogens (tertiary/aromatic N) is 1. The molecule has 1 aliphatic carbocycles. The number of carbonyl (C=O) groups is 1. The van der Waals surface area contributed by atoms with E-state index in [0.29, 0.717) is 27.6 Å². The number of phenols is 2. The SMILES string of the molecule is Cc1c(O)c(Br)c(C)c(C=NNC(=O)C2CC2(c2ccccc2)c2ccccc2)c1O. The van der Waals surface area contributed by atoms with E-state index in [4.69, 9.17) is 0 Å². The fourth-order valence-corrected chi connectivity index (χ4v) is 4.71. The molecule has 1 unspecified atom stereocenters. The van der Waals surface area contributed by atoms with Crippen molar-refractivity contribution < 1.29 is 15.0 Å². The second-order valence-electron chi connectivity index (χ2n) is 7.87. The van der Waals surface area contributed by atoms with Crippen molar-refractivity contribution in [2.24, 2.45) is 11.0 Å². The molecule has 0 aromatic heterocycles. The molecule has 0 radical (unpaired) electrons. The maximum Gasteiger partial charge on any atom is 0.244 e. The van der Waals surface area contributed by atoms with Crippen LogP contribution in [0.25, 0.3) is 0 Å². The lowest BCUT2D eigenvalue weighted by atomic mass is 9.85. The molecule has 3 N–H and O–H groups in total. The van der Waals surface area contributed by atoms with E-state index in [-0.39, 0.29) is 28.7 Å². The quantitative estimate of drug-likeness (QED) is 0.359. The summed E-state index contributed by atoms with van der Waals surface area (Å²) in [6.45, 7) is 3.37. The summed E-state index contributed by atoms with van der Waals surface area (Å²) in [6.07, 6.45) is 2.12. The Morgan fingerprint density at radius 2 is 1.55 bits per heavy atom. The van der Waals surface area contributed by atoms with Gasteiger partial charge in [-0.2, -0.15) is 5.10 Å². The number of nitrogens with one attached hydrogen (secondary N) is 1. The first-order valence-corrected chi connectivity index (χ1v) is 10.8. The molecule has 0 saturated heterocycles. The van der Waals surface area contributed by atoms with Gasteiger partial charge in [-0.05, 0) is 52.9 Å².